The fourth-order valence-electron chi connectivity index (χ4n) is 2.64. The molecule has 3 heterocycles. The molecule has 4 heteroatoms. The van der Waals surface area contributed by atoms with Gasteiger partial charge >= 0.3 is 0 Å². The first kappa shape index (κ1) is 8.41. The van der Waals surface area contributed by atoms with E-state index < -0.39 is 0 Å². The predicted octanol–water partition coefficient (Wildman–Crippen LogP) is 0.471. The lowest BCUT2D eigenvalue weighted by Gasteiger charge is -2.17. The Morgan fingerprint density at radius 3 is 2.86 bits per heavy atom. The number of hydrogen-bond acceptors (Lipinski definition) is 3. The van der Waals surface area contributed by atoms with Crippen LogP contribution in [0.15, 0.2) is 4.99 Å². The van der Waals surface area contributed by atoms with Gasteiger partial charge in [-0.3, -0.25) is 9.79 Å². The number of hydrogen-bond donors (Lipinski definition) is 1. The van der Waals surface area contributed by atoms with E-state index in [4.69, 9.17) is 4.74 Å². The van der Waals surface area contributed by atoms with Gasteiger partial charge in [-0.05, 0) is 26.2 Å². The number of ether oxygens (including phenoxy) is 1. The Morgan fingerprint density at radius 1 is 1.50 bits per heavy atom. The van der Waals surface area contributed by atoms with Crippen LogP contribution in [0.4, 0.5) is 0 Å². The zero-order valence-electron chi connectivity index (χ0n) is 8.19. The summed E-state index contributed by atoms with van der Waals surface area (Å²) in [5.74, 6) is 1.25. The topological polar surface area (TPSA) is 50.7 Å². The van der Waals surface area contributed by atoms with E-state index >= 15 is 0 Å². The van der Waals surface area contributed by atoms with Crippen LogP contribution < -0.4 is 5.32 Å². The minimum Gasteiger partial charge on any atom is -0.374 e. The zero-order chi connectivity index (χ0) is 9.71. The number of carbonyl (C=O) groups is 1. The minimum atomic E-state index is -0.205. The van der Waals surface area contributed by atoms with E-state index in [0.29, 0.717) is 18.1 Å². The molecule has 76 valence electrons. The maximum Gasteiger partial charge on any atom is 0.249 e. The molecule has 0 aromatic carbocycles. The molecule has 1 amide bonds. The summed E-state index contributed by atoms with van der Waals surface area (Å²) >= 11 is 0. The van der Waals surface area contributed by atoms with Gasteiger partial charge in [-0.15, -0.1) is 0 Å². The van der Waals surface area contributed by atoms with Gasteiger partial charge in [0.05, 0.1) is 12.2 Å². The van der Waals surface area contributed by atoms with Crippen LogP contribution in [0.2, 0.25) is 0 Å². The van der Waals surface area contributed by atoms with E-state index in [9.17, 15) is 4.79 Å². The normalized spacial score (nSPS) is 45.5. The summed E-state index contributed by atoms with van der Waals surface area (Å²) in [7, 11) is 0. The molecule has 3 aliphatic heterocycles. The molecule has 0 aliphatic carbocycles. The summed E-state index contributed by atoms with van der Waals surface area (Å²) in [5, 5.41) is 2.86. The molecule has 0 spiro atoms. The van der Waals surface area contributed by atoms with Gasteiger partial charge in [0.1, 0.15) is 11.9 Å². The highest BCUT2D eigenvalue weighted by Crippen LogP contribution is 2.39. The molecule has 3 aliphatic rings. The van der Waals surface area contributed by atoms with Crippen LogP contribution in [0.3, 0.4) is 0 Å². The van der Waals surface area contributed by atoms with Crippen LogP contribution in [-0.2, 0) is 9.53 Å². The Kier molecular flexibility index (Phi) is 1.68. The molecule has 4 unspecified atom stereocenters. The molecule has 0 aromatic rings. The molecule has 14 heavy (non-hydrogen) atoms. The first-order valence-corrected chi connectivity index (χ1v) is 5.28. The van der Waals surface area contributed by atoms with E-state index in [1.807, 2.05) is 6.92 Å². The van der Waals surface area contributed by atoms with Gasteiger partial charge < -0.3 is 10.1 Å². The molecule has 2 saturated heterocycles. The molecule has 3 rings (SSSR count). The largest absolute Gasteiger partial charge is 0.374 e. The monoisotopic (exact) mass is 194 g/mol. The van der Waals surface area contributed by atoms with Crippen molar-refractivity contribution in [3.05, 3.63) is 0 Å². The third kappa shape index (κ3) is 1.10. The molecule has 0 aromatic heterocycles. The van der Waals surface area contributed by atoms with Crippen molar-refractivity contribution < 1.29 is 9.53 Å². The number of aliphatic imine (C=N–C) groups is 1. The van der Waals surface area contributed by atoms with E-state index in [0.717, 1.165) is 18.7 Å². The summed E-state index contributed by atoms with van der Waals surface area (Å²) in [6.45, 7) is 1.83. The van der Waals surface area contributed by atoms with Gasteiger partial charge in [0.25, 0.3) is 0 Å². The number of amidine groups is 1. The van der Waals surface area contributed by atoms with Crippen LogP contribution >= 0.6 is 0 Å². The van der Waals surface area contributed by atoms with Gasteiger partial charge in [-0.2, -0.15) is 0 Å². The quantitative estimate of drug-likeness (QED) is 0.659. The summed E-state index contributed by atoms with van der Waals surface area (Å²) < 4.78 is 5.74. The van der Waals surface area contributed by atoms with Crippen LogP contribution in [0, 0.1) is 5.92 Å². The fraction of sp³-hybridized carbons (Fsp3) is 0.800. The highest BCUT2D eigenvalue weighted by atomic mass is 16.5. The first-order chi connectivity index (χ1) is 6.74. The van der Waals surface area contributed by atoms with Crippen molar-refractivity contribution in [1.82, 2.24) is 5.32 Å². The number of amides is 1. The van der Waals surface area contributed by atoms with Crippen LogP contribution in [0.25, 0.3) is 0 Å². The summed E-state index contributed by atoms with van der Waals surface area (Å²) in [4.78, 5) is 15.6. The Bertz CT molecular complexity index is 313. The molecular formula is C10H14N2O2. The number of carbonyl (C=O) groups excluding carboxylic acids is 1. The smallest absolute Gasteiger partial charge is 0.249 e. The SMILES string of the molecule is CC1N=C(C2CC3CCC2O3)NC1=O. The molecule has 0 radical (unpaired) electrons. The number of rotatable bonds is 1. The highest BCUT2D eigenvalue weighted by Gasteiger charge is 2.45. The van der Waals surface area contributed by atoms with Crippen molar-refractivity contribution in [2.24, 2.45) is 10.9 Å². The lowest BCUT2D eigenvalue weighted by atomic mass is 9.88. The number of fused-ring (bicyclic) bond motifs is 2. The molecule has 4 atom stereocenters. The maximum atomic E-state index is 11.3. The van der Waals surface area contributed by atoms with E-state index in [2.05, 4.69) is 10.3 Å². The van der Waals surface area contributed by atoms with Gasteiger partial charge in [0.15, 0.2) is 0 Å². The Balaban J connectivity index is 1.78. The third-order valence-corrected chi connectivity index (χ3v) is 3.42. The highest BCUT2D eigenvalue weighted by molar-refractivity contribution is 6.06. The first-order valence-electron chi connectivity index (χ1n) is 5.28. The van der Waals surface area contributed by atoms with Crippen molar-refractivity contribution in [3.63, 3.8) is 0 Å². The second-order valence-electron chi connectivity index (χ2n) is 4.40. The zero-order valence-corrected chi connectivity index (χ0v) is 8.19. The molecular weight excluding hydrogens is 180 g/mol. The summed E-state index contributed by atoms with van der Waals surface area (Å²) in [5.41, 5.74) is 0. The molecule has 0 saturated carbocycles. The maximum absolute atomic E-state index is 11.3. The Labute approximate surface area is 82.7 Å². The van der Waals surface area contributed by atoms with E-state index in [1.54, 1.807) is 0 Å². The predicted molar refractivity (Wildman–Crippen MR) is 51.0 cm³/mol. The van der Waals surface area contributed by atoms with Crippen LogP contribution in [-0.4, -0.2) is 30.0 Å². The van der Waals surface area contributed by atoms with E-state index in [-0.39, 0.29) is 11.9 Å². The van der Waals surface area contributed by atoms with Crippen molar-refractivity contribution in [3.8, 4) is 0 Å². The standard InChI is InChI=1S/C10H14N2O2/c1-5-10(13)12-9(11-5)7-4-6-2-3-8(7)14-6/h5-8H,2-4H2,1H3,(H,11,12,13). The van der Waals surface area contributed by atoms with Crippen LogP contribution in [0.5, 0.6) is 0 Å². The lowest BCUT2D eigenvalue weighted by molar-refractivity contribution is -0.119. The summed E-state index contributed by atoms with van der Waals surface area (Å²) in [6, 6.07) is -0.205. The van der Waals surface area contributed by atoms with Crippen molar-refractivity contribution in [2.45, 2.75) is 44.4 Å². The second kappa shape index (κ2) is 2.79. The van der Waals surface area contributed by atoms with Crippen molar-refractivity contribution >= 4 is 11.7 Å². The third-order valence-electron chi connectivity index (χ3n) is 3.42. The van der Waals surface area contributed by atoms with Crippen molar-refractivity contribution in [1.29, 1.82) is 0 Å². The average Bonchev–Trinajstić information content (AvgIpc) is 2.82. The van der Waals surface area contributed by atoms with E-state index in [1.165, 1.54) is 6.42 Å². The lowest BCUT2D eigenvalue weighted by Crippen LogP contribution is -2.36. The van der Waals surface area contributed by atoms with Crippen molar-refractivity contribution in [2.75, 3.05) is 0 Å². The Morgan fingerprint density at radius 2 is 2.36 bits per heavy atom. The van der Waals surface area contributed by atoms with Crippen LogP contribution in [0.1, 0.15) is 26.2 Å². The van der Waals surface area contributed by atoms with Gasteiger partial charge in [-0.25, -0.2) is 0 Å². The minimum absolute atomic E-state index is 0.0303. The summed E-state index contributed by atoms with van der Waals surface area (Å²) in [6.07, 6.45) is 4.07. The molecule has 4 nitrogen and oxygen atoms in total. The number of nitrogens with one attached hydrogen (secondary N) is 1. The molecule has 1 N–H and O–H groups in total. The van der Waals surface area contributed by atoms with Gasteiger partial charge in [-0.1, -0.05) is 0 Å². The number of nitrogens with zero attached hydrogens (tertiary/aromatic N) is 1. The van der Waals surface area contributed by atoms with Gasteiger partial charge in [0, 0.05) is 5.92 Å². The second-order valence-corrected chi connectivity index (χ2v) is 4.40. The fourth-order valence-corrected chi connectivity index (χ4v) is 2.64. The van der Waals surface area contributed by atoms with Gasteiger partial charge in [0.2, 0.25) is 5.91 Å². The molecule has 2 fully saturated rings. The average molecular weight is 194 g/mol. The Hall–Kier alpha value is -0.900. The molecule has 2 bridgehead atoms.